The highest BCUT2D eigenvalue weighted by Gasteiger charge is 2.20. The van der Waals surface area contributed by atoms with Crippen LogP contribution in [-0.2, 0) is 19.3 Å². The zero-order chi connectivity index (χ0) is 24.3. The van der Waals surface area contributed by atoms with Crippen molar-refractivity contribution in [2.24, 2.45) is 0 Å². The minimum absolute atomic E-state index is 0.780. The number of hydrogen-bond donors (Lipinski definition) is 0. The molecule has 0 N–H and O–H groups in total. The Morgan fingerprint density at radius 2 is 0.973 bits per heavy atom. The van der Waals surface area contributed by atoms with Crippen molar-refractivity contribution in [1.82, 2.24) is 9.97 Å². The standard InChI is InChI=1S/C33H22N2S2/c1-3-7-26-20(5-1)13-24-15-22(9-11-28(24)26)30-18-36-32(34-30)17-33-35-31(19-37-33)23-10-12-29-25(16-23)14-21-6-2-4-8-27(21)29/h1-12,15-16,18-19H,13-14,17H2. The van der Waals surface area contributed by atoms with Gasteiger partial charge in [0.1, 0.15) is 10.0 Å². The number of benzene rings is 4. The monoisotopic (exact) mass is 510 g/mol. The summed E-state index contributed by atoms with van der Waals surface area (Å²) in [6.07, 6.45) is 2.79. The molecule has 4 heteroatoms. The van der Waals surface area contributed by atoms with E-state index in [4.69, 9.17) is 9.97 Å². The molecule has 6 aromatic rings. The third kappa shape index (κ3) is 3.59. The van der Waals surface area contributed by atoms with Crippen molar-refractivity contribution in [1.29, 1.82) is 0 Å². The molecule has 4 aromatic carbocycles. The number of aromatic nitrogens is 2. The lowest BCUT2D eigenvalue weighted by atomic mass is 10.0. The van der Waals surface area contributed by atoms with Crippen molar-refractivity contribution in [3.63, 3.8) is 0 Å². The fraction of sp³-hybridized carbons (Fsp3) is 0.0909. The van der Waals surface area contributed by atoms with E-state index >= 15 is 0 Å². The van der Waals surface area contributed by atoms with E-state index in [-0.39, 0.29) is 0 Å². The van der Waals surface area contributed by atoms with Gasteiger partial charge < -0.3 is 0 Å². The van der Waals surface area contributed by atoms with Crippen LogP contribution in [0, 0.1) is 0 Å². The van der Waals surface area contributed by atoms with E-state index in [1.807, 2.05) is 0 Å². The zero-order valence-corrected chi connectivity index (χ0v) is 21.7. The topological polar surface area (TPSA) is 25.8 Å². The molecule has 0 saturated carbocycles. The molecular formula is C33H22N2S2. The van der Waals surface area contributed by atoms with Crippen LogP contribution >= 0.6 is 22.7 Å². The molecule has 0 aliphatic heterocycles. The summed E-state index contributed by atoms with van der Waals surface area (Å²) in [5.74, 6) is 0. The third-order valence-corrected chi connectivity index (χ3v) is 9.28. The minimum atomic E-state index is 0.780. The van der Waals surface area contributed by atoms with Gasteiger partial charge in [-0.3, -0.25) is 0 Å². The molecule has 0 fully saturated rings. The smallest absolute Gasteiger partial charge is 0.100 e. The van der Waals surface area contributed by atoms with Crippen LogP contribution in [0.15, 0.2) is 95.7 Å². The van der Waals surface area contributed by atoms with E-state index in [2.05, 4.69) is 95.7 Å². The summed E-state index contributed by atoms with van der Waals surface area (Å²) in [4.78, 5) is 9.98. The van der Waals surface area contributed by atoms with Crippen LogP contribution in [0.3, 0.4) is 0 Å². The van der Waals surface area contributed by atoms with Gasteiger partial charge in [-0.25, -0.2) is 9.97 Å². The van der Waals surface area contributed by atoms with E-state index in [1.54, 1.807) is 22.7 Å². The number of thiazole rings is 2. The zero-order valence-electron chi connectivity index (χ0n) is 20.1. The lowest BCUT2D eigenvalue weighted by Gasteiger charge is -2.03. The molecule has 0 atom stereocenters. The fourth-order valence-electron chi connectivity index (χ4n) is 5.79. The molecule has 0 amide bonds. The third-order valence-electron chi connectivity index (χ3n) is 7.58. The van der Waals surface area contributed by atoms with E-state index in [0.29, 0.717) is 0 Å². The van der Waals surface area contributed by atoms with Crippen molar-refractivity contribution >= 4 is 22.7 Å². The number of fused-ring (bicyclic) bond motifs is 6. The highest BCUT2D eigenvalue weighted by molar-refractivity contribution is 7.11. The summed E-state index contributed by atoms with van der Waals surface area (Å²) in [5.41, 5.74) is 15.6. The Balaban J connectivity index is 1.02. The average Bonchev–Trinajstić information content (AvgIpc) is 3.72. The Morgan fingerprint density at radius 1 is 0.514 bits per heavy atom. The maximum atomic E-state index is 4.99. The minimum Gasteiger partial charge on any atom is -0.241 e. The largest absolute Gasteiger partial charge is 0.241 e. The SMILES string of the molecule is c1ccc2c(c1)Cc1cc(-c3csc(Cc4nc(-c5ccc6c(c5)Cc5ccccc5-6)cs4)n3)ccc1-2. The van der Waals surface area contributed by atoms with E-state index in [1.165, 1.54) is 55.6 Å². The molecular weight excluding hydrogens is 489 g/mol. The average molecular weight is 511 g/mol. The van der Waals surface area contributed by atoms with Crippen molar-refractivity contribution in [2.45, 2.75) is 19.3 Å². The molecule has 2 aromatic heterocycles. The van der Waals surface area contributed by atoms with Gasteiger partial charge in [-0.2, -0.15) is 0 Å². The van der Waals surface area contributed by atoms with Crippen molar-refractivity contribution in [3.05, 3.63) is 128 Å². The Bertz CT molecular complexity index is 1690. The van der Waals surface area contributed by atoms with E-state index < -0.39 is 0 Å². The highest BCUT2D eigenvalue weighted by atomic mass is 32.1. The Hall–Kier alpha value is -3.86. The molecule has 2 aliphatic rings. The second-order valence-electron chi connectivity index (χ2n) is 9.84. The Labute approximate surface area is 224 Å². The second kappa shape index (κ2) is 8.34. The molecule has 2 heterocycles. The first-order valence-electron chi connectivity index (χ1n) is 12.6. The van der Waals surface area contributed by atoms with Gasteiger partial charge in [-0.05, 0) is 69.5 Å². The van der Waals surface area contributed by atoms with Crippen LogP contribution in [-0.4, -0.2) is 9.97 Å². The van der Waals surface area contributed by atoms with Gasteiger partial charge in [-0.1, -0.05) is 72.8 Å². The Kier molecular flexibility index (Phi) is 4.79. The predicted octanol–water partition coefficient (Wildman–Crippen LogP) is 8.67. The first kappa shape index (κ1) is 21.2. The number of nitrogens with zero attached hydrogens (tertiary/aromatic N) is 2. The second-order valence-corrected chi connectivity index (χ2v) is 11.7. The summed E-state index contributed by atoms with van der Waals surface area (Å²) >= 11 is 3.46. The normalized spacial score (nSPS) is 12.8. The first-order valence-corrected chi connectivity index (χ1v) is 14.4. The molecule has 2 nitrogen and oxygen atoms in total. The Morgan fingerprint density at radius 3 is 1.49 bits per heavy atom. The van der Waals surface area contributed by atoms with Gasteiger partial charge in [0.05, 0.1) is 17.8 Å². The van der Waals surface area contributed by atoms with Crippen molar-refractivity contribution in [3.8, 4) is 44.8 Å². The molecule has 2 aliphatic carbocycles. The first-order chi connectivity index (χ1) is 18.3. The predicted molar refractivity (Wildman–Crippen MR) is 154 cm³/mol. The molecule has 0 saturated heterocycles. The lowest BCUT2D eigenvalue weighted by Crippen LogP contribution is -1.89. The summed E-state index contributed by atoms with van der Waals surface area (Å²) in [5, 5.41) is 6.60. The molecule has 0 bridgehead atoms. The van der Waals surface area contributed by atoms with Gasteiger partial charge in [0, 0.05) is 21.9 Å². The maximum absolute atomic E-state index is 4.99. The summed E-state index contributed by atoms with van der Waals surface area (Å²) in [6.45, 7) is 0. The van der Waals surface area contributed by atoms with Gasteiger partial charge in [0.25, 0.3) is 0 Å². The van der Waals surface area contributed by atoms with Gasteiger partial charge in [0.15, 0.2) is 0 Å². The maximum Gasteiger partial charge on any atom is 0.100 e. The van der Waals surface area contributed by atoms with Crippen LogP contribution in [0.4, 0.5) is 0 Å². The van der Waals surface area contributed by atoms with Gasteiger partial charge in [-0.15, -0.1) is 22.7 Å². The van der Waals surface area contributed by atoms with Crippen LogP contribution in [0.1, 0.15) is 32.3 Å². The van der Waals surface area contributed by atoms with Crippen molar-refractivity contribution in [2.75, 3.05) is 0 Å². The van der Waals surface area contributed by atoms with Gasteiger partial charge >= 0.3 is 0 Å². The lowest BCUT2D eigenvalue weighted by molar-refractivity contribution is 1.10. The fourth-order valence-corrected chi connectivity index (χ4v) is 7.49. The number of rotatable bonds is 4. The molecule has 176 valence electrons. The summed E-state index contributed by atoms with van der Waals surface area (Å²) in [6, 6.07) is 31.0. The number of hydrogen-bond acceptors (Lipinski definition) is 4. The van der Waals surface area contributed by atoms with Crippen LogP contribution in [0.2, 0.25) is 0 Å². The molecule has 8 rings (SSSR count). The summed E-state index contributed by atoms with van der Waals surface area (Å²) in [7, 11) is 0. The molecule has 0 radical (unpaired) electrons. The van der Waals surface area contributed by atoms with Crippen LogP contribution in [0.5, 0.6) is 0 Å². The van der Waals surface area contributed by atoms with Crippen molar-refractivity contribution < 1.29 is 0 Å². The van der Waals surface area contributed by atoms with E-state index in [0.717, 1.165) is 40.7 Å². The highest BCUT2D eigenvalue weighted by Crippen LogP contribution is 2.40. The summed E-state index contributed by atoms with van der Waals surface area (Å²) < 4.78 is 0. The molecule has 0 spiro atoms. The molecule has 0 unspecified atom stereocenters. The van der Waals surface area contributed by atoms with Gasteiger partial charge in [0.2, 0.25) is 0 Å². The quantitative estimate of drug-likeness (QED) is 0.237. The molecule has 37 heavy (non-hydrogen) atoms. The van der Waals surface area contributed by atoms with Crippen LogP contribution in [0.25, 0.3) is 44.8 Å². The van der Waals surface area contributed by atoms with Crippen LogP contribution < -0.4 is 0 Å². The van der Waals surface area contributed by atoms with E-state index in [9.17, 15) is 0 Å².